The summed E-state index contributed by atoms with van der Waals surface area (Å²) in [7, 11) is 0. The number of hydrogen-bond acceptors (Lipinski definition) is 4. The number of hydrogen-bond donors (Lipinski definition) is 2. The molecular formula is C14H18N2OS2. The van der Waals surface area contributed by atoms with Gasteiger partial charge in [-0.1, -0.05) is 0 Å². The van der Waals surface area contributed by atoms with Gasteiger partial charge in [-0.15, -0.1) is 22.7 Å². The van der Waals surface area contributed by atoms with Gasteiger partial charge in [0, 0.05) is 34.1 Å². The lowest BCUT2D eigenvalue weighted by Gasteiger charge is -2.12. The van der Waals surface area contributed by atoms with Crippen LogP contribution >= 0.6 is 22.7 Å². The fourth-order valence-electron chi connectivity index (χ4n) is 1.81. The van der Waals surface area contributed by atoms with Crippen molar-refractivity contribution in [3.63, 3.8) is 0 Å². The molecule has 2 N–H and O–H groups in total. The first-order chi connectivity index (χ1) is 9.06. The van der Waals surface area contributed by atoms with Crippen molar-refractivity contribution in [3.05, 3.63) is 38.2 Å². The molecule has 0 bridgehead atoms. The van der Waals surface area contributed by atoms with Crippen molar-refractivity contribution in [3.8, 4) is 0 Å². The Bertz CT molecular complexity index is 559. The third-order valence-corrected chi connectivity index (χ3v) is 4.92. The van der Waals surface area contributed by atoms with Crippen molar-refractivity contribution in [1.29, 1.82) is 0 Å². The molecule has 0 saturated heterocycles. The smallest absolute Gasteiger partial charge is 0.221 e. The summed E-state index contributed by atoms with van der Waals surface area (Å²) in [5.74, 6) is -0.0263. The van der Waals surface area contributed by atoms with Gasteiger partial charge in [-0.2, -0.15) is 0 Å². The molecular weight excluding hydrogens is 276 g/mol. The van der Waals surface area contributed by atoms with Crippen LogP contribution in [-0.2, 0) is 11.3 Å². The number of carbonyl (C=O) groups is 1. The van der Waals surface area contributed by atoms with Gasteiger partial charge in [0.2, 0.25) is 5.91 Å². The molecule has 1 unspecified atom stereocenters. The van der Waals surface area contributed by atoms with Gasteiger partial charge in [-0.25, -0.2) is 0 Å². The van der Waals surface area contributed by atoms with E-state index in [0.29, 0.717) is 6.04 Å². The summed E-state index contributed by atoms with van der Waals surface area (Å²) in [6.45, 7) is 6.59. The monoisotopic (exact) mass is 294 g/mol. The quantitative estimate of drug-likeness (QED) is 0.877. The highest BCUT2D eigenvalue weighted by atomic mass is 32.1. The first kappa shape index (κ1) is 14.2. The summed E-state index contributed by atoms with van der Waals surface area (Å²) in [5, 5.41) is 8.36. The van der Waals surface area contributed by atoms with Crippen molar-refractivity contribution < 1.29 is 4.79 Å². The van der Waals surface area contributed by atoms with Crippen LogP contribution in [-0.4, -0.2) is 5.91 Å². The van der Waals surface area contributed by atoms with Gasteiger partial charge in [0.25, 0.3) is 0 Å². The van der Waals surface area contributed by atoms with E-state index in [2.05, 4.69) is 36.6 Å². The first-order valence-electron chi connectivity index (χ1n) is 6.20. The highest BCUT2D eigenvalue weighted by Crippen LogP contribution is 2.25. The Morgan fingerprint density at radius 1 is 1.37 bits per heavy atom. The Morgan fingerprint density at radius 3 is 2.79 bits per heavy atom. The minimum absolute atomic E-state index is 0.0263. The molecule has 1 atom stereocenters. The summed E-state index contributed by atoms with van der Waals surface area (Å²) >= 11 is 3.48. The molecule has 0 aromatic carbocycles. The number of anilines is 1. The largest absolute Gasteiger partial charge is 0.325 e. The molecule has 0 aliphatic heterocycles. The van der Waals surface area contributed by atoms with Gasteiger partial charge in [-0.05, 0) is 37.4 Å². The molecule has 102 valence electrons. The van der Waals surface area contributed by atoms with E-state index in [1.807, 2.05) is 22.8 Å². The standard InChI is InChI=1S/C14H18N2OS2/c1-9-4-5-13(19-9)10(2)15-8-14-12(6-7-18-14)16-11(3)17/h4-7,10,15H,8H2,1-3H3,(H,16,17). The molecule has 2 rings (SSSR count). The van der Waals surface area contributed by atoms with Gasteiger partial charge >= 0.3 is 0 Å². The lowest BCUT2D eigenvalue weighted by molar-refractivity contribution is -0.114. The van der Waals surface area contributed by atoms with E-state index in [4.69, 9.17) is 0 Å². The maximum absolute atomic E-state index is 11.1. The highest BCUT2D eigenvalue weighted by Gasteiger charge is 2.10. The van der Waals surface area contributed by atoms with Crippen molar-refractivity contribution >= 4 is 34.3 Å². The van der Waals surface area contributed by atoms with Crippen LogP contribution in [0.15, 0.2) is 23.6 Å². The molecule has 2 aromatic heterocycles. The third kappa shape index (κ3) is 3.89. The van der Waals surface area contributed by atoms with E-state index >= 15 is 0 Å². The van der Waals surface area contributed by atoms with E-state index in [-0.39, 0.29) is 5.91 Å². The Balaban J connectivity index is 1.95. The molecule has 1 amide bonds. The van der Waals surface area contributed by atoms with Crippen LogP contribution in [0.4, 0.5) is 5.69 Å². The zero-order valence-electron chi connectivity index (χ0n) is 11.3. The molecule has 0 radical (unpaired) electrons. The predicted molar refractivity (Wildman–Crippen MR) is 82.9 cm³/mol. The van der Waals surface area contributed by atoms with Crippen LogP contribution in [0.3, 0.4) is 0 Å². The fourth-order valence-corrected chi connectivity index (χ4v) is 3.50. The number of aryl methyl sites for hydroxylation is 1. The molecule has 2 aromatic rings. The molecule has 5 heteroatoms. The van der Waals surface area contributed by atoms with Crippen molar-refractivity contribution in [1.82, 2.24) is 5.32 Å². The molecule has 0 saturated carbocycles. The van der Waals surface area contributed by atoms with E-state index < -0.39 is 0 Å². The zero-order valence-corrected chi connectivity index (χ0v) is 13.0. The second kappa shape index (κ2) is 6.32. The maximum Gasteiger partial charge on any atom is 0.221 e. The van der Waals surface area contributed by atoms with Gasteiger partial charge < -0.3 is 10.6 Å². The summed E-state index contributed by atoms with van der Waals surface area (Å²) in [4.78, 5) is 14.9. The lowest BCUT2D eigenvalue weighted by Crippen LogP contribution is -2.17. The number of rotatable bonds is 5. The normalized spacial score (nSPS) is 12.4. The van der Waals surface area contributed by atoms with Crippen LogP contribution in [0.1, 0.15) is 34.5 Å². The SMILES string of the molecule is CC(=O)Nc1ccsc1CNC(C)c1ccc(C)s1. The van der Waals surface area contributed by atoms with Crippen LogP contribution < -0.4 is 10.6 Å². The zero-order chi connectivity index (χ0) is 13.8. The van der Waals surface area contributed by atoms with Crippen molar-refractivity contribution in [2.24, 2.45) is 0 Å². The third-order valence-electron chi connectivity index (χ3n) is 2.81. The van der Waals surface area contributed by atoms with Gasteiger partial charge in [-0.3, -0.25) is 4.79 Å². The van der Waals surface area contributed by atoms with Crippen LogP contribution in [0.5, 0.6) is 0 Å². The molecule has 2 heterocycles. The van der Waals surface area contributed by atoms with Crippen molar-refractivity contribution in [2.45, 2.75) is 33.4 Å². The van der Waals surface area contributed by atoms with E-state index in [1.165, 1.54) is 16.7 Å². The highest BCUT2D eigenvalue weighted by molar-refractivity contribution is 7.12. The Morgan fingerprint density at radius 2 is 2.16 bits per heavy atom. The van der Waals surface area contributed by atoms with Crippen LogP contribution in [0.25, 0.3) is 0 Å². The maximum atomic E-state index is 11.1. The average Bonchev–Trinajstić information content (AvgIpc) is 2.95. The van der Waals surface area contributed by atoms with E-state index in [1.54, 1.807) is 11.3 Å². The van der Waals surface area contributed by atoms with Gasteiger partial charge in [0.15, 0.2) is 0 Å². The molecule has 19 heavy (non-hydrogen) atoms. The lowest BCUT2D eigenvalue weighted by atomic mass is 10.2. The molecule has 0 fully saturated rings. The number of thiophene rings is 2. The Hall–Kier alpha value is -1.17. The fraction of sp³-hybridized carbons (Fsp3) is 0.357. The number of amides is 1. The summed E-state index contributed by atoms with van der Waals surface area (Å²) < 4.78 is 0. The minimum atomic E-state index is -0.0263. The number of nitrogens with one attached hydrogen (secondary N) is 2. The van der Waals surface area contributed by atoms with Gasteiger partial charge in [0.05, 0.1) is 5.69 Å². The topological polar surface area (TPSA) is 41.1 Å². The Kier molecular flexibility index (Phi) is 4.74. The summed E-state index contributed by atoms with van der Waals surface area (Å²) in [5.41, 5.74) is 0.916. The number of carbonyl (C=O) groups excluding carboxylic acids is 1. The van der Waals surface area contributed by atoms with Crippen LogP contribution in [0, 0.1) is 6.92 Å². The van der Waals surface area contributed by atoms with E-state index in [9.17, 15) is 4.79 Å². The molecule has 3 nitrogen and oxygen atoms in total. The molecule has 0 aliphatic carbocycles. The summed E-state index contributed by atoms with van der Waals surface area (Å²) in [6, 6.07) is 6.58. The molecule has 0 aliphatic rings. The minimum Gasteiger partial charge on any atom is -0.325 e. The van der Waals surface area contributed by atoms with E-state index in [0.717, 1.165) is 17.1 Å². The van der Waals surface area contributed by atoms with Gasteiger partial charge in [0.1, 0.15) is 0 Å². The van der Waals surface area contributed by atoms with Crippen molar-refractivity contribution in [2.75, 3.05) is 5.32 Å². The second-order valence-electron chi connectivity index (χ2n) is 4.49. The average molecular weight is 294 g/mol. The first-order valence-corrected chi connectivity index (χ1v) is 7.89. The predicted octanol–water partition coefficient (Wildman–Crippen LogP) is 3.93. The Labute approximate surface area is 121 Å². The second-order valence-corrected chi connectivity index (χ2v) is 6.81. The molecule has 0 spiro atoms. The van der Waals surface area contributed by atoms with Crippen LogP contribution in [0.2, 0.25) is 0 Å². The summed E-state index contributed by atoms with van der Waals surface area (Å²) in [6.07, 6.45) is 0.